The Kier molecular flexibility index (Phi) is 5.92. The maximum atomic E-state index is 5.92. The first kappa shape index (κ1) is 19.6. The first-order chi connectivity index (χ1) is 14.1. The molecule has 0 N–H and O–H groups in total. The van der Waals surface area contributed by atoms with Crippen LogP contribution in [0.5, 0.6) is 5.75 Å². The molecule has 1 aromatic carbocycles. The van der Waals surface area contributed by atoms with Crippen LogP contribution in [0.3, 0.4) is 0 Å². The Morgan fingerprint density at radius 2 is 1.97 bits per heavy atom. The van der Waals surface area contributed by atoms with Gasteiger partial charge in [0.2, 0.25) is 0 Å². The number of likely N-dealkylation sites (N-methyl/N-ethyl adjacent to an activating group) is 1. The molecule has 6 heteroatoms. The molecule has 152 valence electrons. The molecule has 29 heavy (non-hydrogen) atoms. The lowest BCUT2D eigenvalue weighted by Crippen LogP contribution is -2.37. The smallest absolute Gasteiger partial charge is 0.138 e. The van der Waals surface area contributed by atoms with Crippen molar-refractivity contribution in [2.45, 2.75) is 33.0 Å². The van der Waals surface area contributed by atoms with Crippen molar-refractivity contribution in [2.75, 3.05) is 26.8 Å². The van der Waals surface area contributed by atoms with Gasteiger partial charge in [0.1, 0.15) is 12.4 Å². The number of benzene rings is 1. The zero-order valence-corrected chi connectivity index (χ0v) is 17.3. The second-order valence-electron chi connectivity index (χ2n) is 7.62. The van der Waals surface area contributed by atoms with Crippen LogP contribution in [0, 0.1) is 13.8 Å². The van der Waals surface area contributed by atoms with Crippen LogP contribution < -0.4 is 4.74 Å². The van der Waals surface area contributed by atoms with Crippen molar-refractivity contribution < 1.29 is 9.47 Å². The first-order valence-electron chi connectivity index (χ1n) is 10.0. The molecule has 3 heterocycles. The maximum Gasteiger partial charge on any atom is 0.138 e. The lowest BCUT2D eigenvalue weighted by molar-refractivity contribution is 0.00457. The van der Waals surface area contributed by atoms with E-state index in [-0.39, 0.29) is 6.04 Å². The molecule has 1 aliphatic heterocycles. The number of hydrogen-bond acceptors (Lipinski definition) is 5. The zero-order valence-electron chi connectivity index (χ0n) is 17.3. The van der Waals surface area contributed by atoms with E-state index < -0.39 is 0 Å². The van der Waals surface area contributed by atoms with Gasteiger partial charge >= 0.3 is 0 Å². The molecule has 0 spiro atoms. The van der Waals surface area contributed by atoms with Crippen molar-refractivity contribution >= 4 is 0 Å². The molecule has 3 aromatic rings. The summed E-state index contributed by atoms with van der Waals surface area (Å²) in [5.41, 5.74) is 5.73. The average molecular weight is 393 g/mol. The van der Waals surface area contributed by atoms with Crippen LogP contribution in [0.1, 0.15) is 34.1 Å². The van der Waals surface area contributed by atoms with E-state index in [1.165, 1.54) is 11.3 Å². The second kappa shape index (κ2) is 8.76. The molecule has 0 amide bonds. The summed E-state index contributed by atoms with van der Waals surface area (Å²) in [6.07, 6.45) is 3.63. The number of aryl methyl sites for hydroxylation is 1. The molecule has 6 nitrogen and oxygen atoms in total. The third kappa shape index (κ3) is 4.49. The Morgan fingerprint density at radius 3 is 2.76 bits per heavy atom. The van der Waals surface area contributed by atoms with Crippen LogP contribution in [0.25, 0.3) is 0 Å². The summed E-state index contributed by atoms with van der Waals surface area (Å²) in [5.74, 6) is 0.772. The van der Waals surface area contributed by atoms with E-state index in [9.17, 15) is 0 Å². The first-order valence-corrected chi connectivity index (χ1v) is 10.0. The van der Waals surface area contributed by atoms with Crippen LogP contribution in [0.15, 0.2) is 48.8 Å². The number of ether oxygens (including phenoxy) is 2. The van der Waals surface area contributed by atoms with Gasteiger partial charge in [0.05, 0.1) is 37.7 Å². The van der Waals surface area contributed by atoms with Gasteiger partial charge in [-0.15, -0.1) is 0 Å². The quantitative estimate of drug-likeness (QED) is 0.642. The molecule has 0 bridgehead atoms. The number of nitrogens with zero attached hydrogens (tertiary/aromatic N) is 4. The predicted molar refractivity (Wildman–Crippen MR) is 112 cm³/mol. The largest absolute Gasteiger partial charge is 0.487 e. The summed E-state index contributed by atoms with van der Waals surface area (Å²) in [6, 6.07) is 12.5. The summed E-state index contributed by atoms with van der Waals surface area (Å²) in [4.78, 5) is 6.71. The number of aromatic nitrogens is 3. The van der Waals surface area contributed by atoms with Gasteiger partial charge in [0.15, 0.2) is 0 Å². The van der Waals surface area contributed by atoms with Gasteiger partial charge < -0.3 is 9.47 Å². The topological polar surface area (TPSA) is 52.4 Å². The summed E-state index contributed by atoms with van der Waals surface area (Å²) in [5, 5.41) is 4.80. The Hall–Kier alpha value is -2.70. The van der Waals surface area contributed by atoms with Crippen molar-refractivity contribution in [1.29, 1.82) is 0 Å². The van der Waals surface area contributed by atoms with E-state index in [2.05, 4.69) is 47.6 Å². The van der Waals surface area contributed by atoms with Crippen molar-refractivity contribution in [3.8, 4) is 5.75 Å². The van der Waals surface area contributed by atoms with Crippen molar-refractivity contribution in [3.05, 3.63) is 76.9 Å². The maximum absolute atomic E-state index is 5.92. The predicted octanol–water partition coefficient (Wildman–Crippen LogP) is 3.53. The number of rotatable bonds is 6. The van der Waals surface area contributed by atoms with Gasteiger partial charge in [0, 0.05) is 24.0 Å². The minimum Gasteiger partial charge on any atom is -0.487 e. The monoisotopic (exact) mass is 392 g/mol. The Labute approximate surface area is 172 Å². The summed E-state index contributed by atoms with van der Waals surface area (Å²) in [6.45, 7) is 7.87. The molecule has 1 unspecified atom stereocenters. The Morgan fingerprint density at radius 1 is 1.14 bits per heavy atom. The molecule has 1 aliphatic rings. The average Bonchev–Trinajstić information content (AvgIpc) is 3.01. The molecular weight excluding hydrogens is 364 g/mol. The van der Waals surface area contributed by atoms with Crippen LogP contribution in [-0.2, 0) is 17.9 Å². The van der Waals surface area contributed by atoms with Gasteiger partial charge in [-0.25, -0.2) is 0 Å². The highest BCUT2D eigenvalue weighted by Gasteiger charge is 2.27. The number of pyridine rings is 1. The SMILES string of the molecule is Cc1nn(Cc2cncc(OCc3ccccc3)c2)c(C)c1C1COCCN1C. The molecule has 0 saturated carbocycles. The minimum absolute atomic E-state index is 0.260. The number of hydrogen-bond donors (Lipinski definition) is 0. The van der Waals surface area contributed by atoms with Crippen molar-refractivity contribution in [3.63, 3.8) is 0 Å². The van der Waals surface area contributed by atoms with Crippen LogP contribution in [0.2, 0.25) is 0 Å². The molecule has 2 aromatic heterocycles. The summed E-state index contributed by atoms with van der Waals surface area (Å²) >= 11 is 0. The Balaban J connectivity index is 1.49. The lowest BCUT2D eigenvalue weighted by Gasteiger charge is -2.32. The fourth-order valence-corrected chi connectivity index (χ4v) is 3.88. The highest BCUT2D eigenvalue weighted by atomic mass is 16.5. The molecule has 1 fully saturated rings. The van der Waals surface area contributed by atoms with E-state index in [4.69, 9.17) is 14.6 Å². The van der Waals surface area contributed by atoms with Crippen LogP contribution in [-0.4, -0.2) is 46.5 Å². The zero-order chi connectivity index (χ0) is 20.2. The molecule has 1 saturated heterocycles. The summed E-state index contributed by atoms with van der Waals surface area (Å²) < 4.78 is 13.7. The van der Waals surface area contributed by atoms with Gasteiger partial charge in [-0.3, -0.25) is 14.6 Å². The van der Waals surface area contributed by atoms with Gasteiger partial charge in [-0.05, 0) is 38.1 Å². The standard InChI is InChI=1S/C23H28N4O2/c1-17-23(22-16-28-10-9-26(22)3)18(2)27(25-17)14-20-11-21(13-24-12-20)29-15-19-7-5-4-6-8-19/h4-8,11-13,22H,9-10,14-16H2,1-3H3. The van der Waals surface area contributed by atoms with Crippen LogP contribution >= 0.6 is 0 Å². The van der Waals surface area contributed by atoms with E-state index in [0.717, 1.165) is 35.7 Å². The second-order valence-corrected chi connectivity index (χ2v) is 7.62. The van der Waals surface area contributed by atoms with Gasteiger partial charge in [0.25, 0.3) is 0 Å². The normalized spacial score (nSPS) is 17.4. The molecule has 0 aliphatic carbocycles. The number of morpholine rings is 1. The van der Waals surface area contributed by atoms with Crippen molar-refractivity contribution in [2.24, 2.45) is 0 Å². The van der Waals surface area contributed by atoms with Gasteiger partial charge in [-0.1, -0.05) is 30.3 Å². The fraction of sp³-hybridized carbons (Fsp3) is 0.391. The third-order valence-corrected chi connectivity index (χ3v) is 5.52. The van der Waals surface area contributed by atoms with E-state index in [1.54, 1.807) is 6.20 Å². The fourth-order valence-electron chi connectivity index (χ4n) is 3.88. The van der Waals surface area contributed by atoms with Gasteiger partial charge in [-0.2, -0.15) is 5.10 Å². The highest BCUT2D eigenvalue weighted by Crippen LogP contribution is 2.28. The van der Waals surface area contributed by atoms with Crippen LogP contribution in [0.4, 0.5) is 0 Å². The van der Waals surface area contributed by atoms with E-state index >= 15 is 0 Å². The molecular formula is C23H28N4O2. The highest BCUT2D eigenvalue weighted by molar-refractivity contribution is 5.31. The van der Waals surface area contributed by atoms with E-state index in [1.807, 2.05) is 30.5 Å². The molecule has 0 radical (unpaired) electrons. The molecule has 1 atom stereocenters. The third-order valence-electron chi connectivity index (χ3n) is 5.52. The van der Waals surface area contributed by atoms with Crippen molar-refractivity contribution in [1.82, 2.24) is 19.7 Å². The lowest BCUT2D eigenvalue weighted by atomic mass is 10.0. The molecule has 4 rings (SSSR count). The Bertz CT molecular complexity index is 955. The van der Waals surface area contributed by atoms with E-state index in [0.29, 0.717) is 19.8 Å². The minimum atomic E-state index is 0.260. The summed E-state index contributed by atoms with van der Waals surface area (Å²) in [7, 11) is 2.15.